The molecular weight excluding hydrogens is 216 g/mol. The number of hydrazine groups is 1. The third kappa shape index (κ3) is 2.13. The van der Waals surface area contributed by atoms with E-state index in [2.05, 4.69) is 5.43 Å². The fourth-order valence-corrected chi connectivity index (χ4v) is 2.06. The van der Waals surface area contributed by atoms with Gasteiger partial charge in [-0.2, -0.15) is 0 Å². The fourth-order valence-electron chi connectivity index (χ4n) is 2.06. The predicted octanol–water partition coefficient (Wildman–Crippen LogP) is 1.28. The van der Waals surface area contributed by atoms with E-state index in [1.54, 1.807) is 0 Å². The molecule has 92 valence electrons. The summed E-state index contributed by atoms with van der Waals surface area (Å²) in [6, 6.07) is 5.92. The second kappa shape index (κ2) is 4.37. The summed E-state index contributed by atoms with van der Waals surface area (Å²) in [4.78, 5) is 11.7. The van der Waals surface area contributed by atoms with Crippen molar-refractivity contribution in [2.75, 3.05) is 6.61 Å². The average molecular weight is 234 g/mol. The minimum absolute atomic E-state index is 0.186. The van der Waals surface area contributed by atoms with E-state index in [4.69, 9.17) is 10.6 Å². The molecule has 0 aliphatic carbocycles. The van der Waals surface area contributed by atoms with Gasteiger partial charge in [-0.3, -0.25) is 10.2 Å². The number of hydrogen-bond donors (Lipinski definition) is 2. The number of carbonyl (C=O) groups is 1. The number of hydrogen-bond acceptors (Lipinski definition) is 3. The van der Waals surface area contributed by atoms with Crippen molar-refractivity contribution in [1.29, 1.82) is 0 Å². The fraction of sp³-hybridized carbons (Fsp3) is 0.462. The smallest absolute Gasteiger partial charge is 0.243 e. The van der Waals surface area contributed by atoms with Crippen molar-refractivity contribution in [3.8, 4) is 5.75 Å². The van der Waals surface area contributed by atoms with Gasteiger partial charge >= 0.3 is 0 Å². The molecule has 1 aliphatic heterocycles. The zero-order valence-electron chi connectivity index (χ0n) is 10.2. The molecule has 4 nitrogen and oxygen atoms in total. The highest BCUT2D eigenvalue weighted by Gasteiger charge is 2.30. The van der Waals surface area contributed by atoms with Crippen molar-refractivity contribution in [3.05, 3.63) is 29.3 Å². The van der Waals surface area contributed by atoms with Gasteiger partial charge in [-0.1, -0.05) is 12.1 Å². The Morgan fingerprint density at radius 3 is 2.94 bits per heavy atom. The molecule has 0 aromatic heterocycles. The Morgan fingerprint density at radius 1 is 1.47 bits per heavy atom. The lowest BCUT2D eigenvalue weighted by Crippen LogP contribution is -2.43. The predicted molar refractivity (Wildman–Crippen MR) is 65.6 cm³/mol. The minimum Gasteiger partial charge on any atom is -0.493 e. The van der Waals surface area contributed by atoms with Gasteiger partial charge in [0.1, 0.15) is 5.75 Å². The summed E-state index contributed by atoms with van der Waals surface area (Å²) < 4.78 is 5.55. The van der Waals surface area contributed by atoms with Crippen LogP contribution in [-0.4, -0.2) is 12.5 Å². The molecule has 3 N–H and O–H groups in total. The molecule has 0 spiro atoms. The molecule has 2 rings (SSSR count). The van der Waals surface area contributed by atoms with Gasteiger partial charge in [0.25, 0.3) is 0 Å². The van der Waals surface area contributed by atoms with Crippen molar-refractivity contribution in [3.63, 3.8) is 0 Å². The third-order valence-corrected chi connectivity index (χ3v) is 3.33. The summed E-state index contributed by atoms with van der Waals surface area (Å²) in [5.74, 6) is 5.96. The molecule has 0 saturated carbocycles. The molecule has 4 heteroatoms. The lowest BCUT2D eigenvalue weighted by molar-refractivity contribution is -0.125. The van der Waals surface area contributed by atoms with Gasteiger partial charge < -0.3 is 4.74 Å². The second-order valence-electron chi connectivity index (χ2n) is 4.87. The molecule has 0 atom stereocenters. The standard InChI is InChI=1S/C13H18N2O2/c1-13(2,12(16)15-14)10-5-6-11-9(8-10)4-3-7-17-11/h5-6,8H,3-4,7,14H2,1-2H3,(H,15,16). The number of carbonyl (C=O) groups excluding carboxylic acids is 1. The normalized spacial score (nSPS) is 14.8. The van der Waals surface area contributed by atoms with Gasteiger partial charge in [-0.25, -0.2) is 5.84 Å². The Balaban J connectivity index is 2.36. The number of ether oxygens (including phenoxy) is 1. The highest BCUT2D eigenvalue weighted by molar-refractivity contribution is 5.86. The van der Waals surface area contributed by atoms with Crippen LogP contribution in [0.25, 0.3) is 0 Å². The highest BCUT2D eigenvalue weighted by atomic mass is 16.5. The zero-order valence-corrected chi connectivity index (χ0v) is 10.2. The van der Waals surface area contributed by atoms with Crippen molar-refractivity contribution >= 4 is 5.91 Å². The van der Waals surface area contributed by atoms with Crippen molar-refractivity contribution in [2.45, 2.75) is 32.1 Å². The number of nitrogens with two attached hydrogens (primary N) is 1. The first kappa shape index (κ1) is 11.9. The van der Waals surface area contributed by atoms with Gasteiger partial charge in [0.2, 0.25) is 5.91 Å². The Kier molecular flexibility index (Phi) is 3.07. The molecule has 1 aromatic carbocycles. The first-order valence-electron chi connectivity index (χ1n) is 5.83. The number of nitrogens with one attached hydrogen (secondary N) is 1. The summed E-state index contributed by atoms with van der Waals surface area (Å²) in [6.45, 7) is 4.50. The van der Waals surface area contributed by atoms with Gasteiger partial charge in [-0.05, 0) is 43.9 Å². The maximum Gasteiger partial charge on any atom is 0.243 e. The van der Waals surface area contributed by atoms with Crippen molar-refractivity contribution in [2.24, 2.45) is 5.84 Å². The molecule has 1 aliphatic rings. The van der Waals surface area contributed by atoms with Gasteiger partial charge in [0.15, 0.2) is 0 Å². The molecule has 0 bridgehead atoms. The number of amides is 1. The van der Waals surface area contributed by atoms with E-state index >= 15 is 0 Å². The summed E-state index contributed by atoms with van der Waals surface area (Å²) >= 11 is 0. The Hall–Kier alpha value is -1.55. The van der Waals surface area contributed by atoms with E-state index in [9.17, 15) is 4.79 Å². The zero-order chi connectivity index (χ0) is 12.5. The molecule has 0 radical (unpaired) electrons. The maximum absolute atomic E-state index is 11.7. The third-order valence-electron chi connectivity index (χ3n) is 3.33. The lowest BCUT2D eigenvalue weighted by atomic mass is 9.82. The van der Waals surface area contributed by atoms with E-state index in [0.717, 1.165) is 30.8 Å². The molecule has 1 heterocycles. The number of benzene rings is 1. The van der Waals surface area contributed by atoms with E-state index in [0.29, 0.717) is 0 Å². The largest absolute Gasteiger partial charge is 0.493 e. The van der Waals surface area contributed by atoms with Crippen molar-refractivity contribution < 1.29 is 9.53 Å². The van der Waals surface area contributed by atoms with E-state index in [1.807, 2.05) is 32.0 Å². The molecule has 0 fully saturated rings. The van der Waals surface area contributed by atoms with Crippen molar-refractivity contribution in [1.82, 2.24) is 5.43 Å². The molecule has 0 saturated heterocycles. The van der Waals surface area contributed by atoms with Crippen LogP contribution in [0.5, 0.6) is 5.75 Å². The molecule has 17 heavy (non-hydrogen) atoms. The van der Waals surface area contributed by atoms with Gasteiger partial charge in [0, 0.05) is 0 Å². The molecule has 1 aromatic rings. The molecule has 0 unspecified atom stereocenters. The van der Waals surface area contributed by atoms with Crippen LogP contribution in [0.1, 0.15) is 31.4 Å². The first-order valence-corrected chi connectivity index (χ1v) is 5.83. The van der Waals surface area contributed by atoms with E-state index in [-0.39, 0.29) is 5.91 Å². The SMILES string of the molecule is CC(C)(C(=O)NN)c1ccc2c(c1)CCCO2. The summed E-state index contributed by atoms with van der Waals surface area (Å²) in [5.41, 5.74) is 3.73. The van der Waals surface area contributed by atoms with Crippen LogP contribution in [-0.2, 0) is 16.6 Å². The van der Waals surface area contributed by atoms with Crippen LogP contribution < -0.4 is 16.0 Å². The maximum atomic E-state index is 11.7. The second-order valence-corrected chi connectivity index (χ2v) is 4.87. The first-order chi connectivity index (χ1) is 8.05. The van der Waals surface area contributed by atoms with Crippen LogP contribution in [0, 0.1) is 0 Å². The highest BCUT2D eigenvalue weighted by Crippen LogP contribution is 2.31. The van der Waals surface area contributed by atoms with Crippen LogP contribution in [0.3, 0.4) is 0 Å². The van der Waals surface area contributed by atoms with Crippen LogP contribution >= 0.6 is 0 Å². The Labute approximate surface area is 101 Å². The number of aryl methyl sites for hydroxylation is 1. The molecule has 1 amide bonds. The molecular formula is C13H18N2O2. The van der Waals surface area contributed by atoms with Gasteiger partial charge in [-0.15, -0.1) is 0 Å². The Morgan fingerprint density at radius 2 is 2.24 bits per heavy atom. The minimum atomic E-state index is -0.624. The van der Waals surface area contributed by atoms with Crippen LogP contribution in [0.15, 0.2) is 18.2 Å². The summed E-state index contributed by atoms with van der Waals surface area (Å²) in [5, 5.41) is 0. The lowest BCUT2D eigenvalue weighted by Gasteiger charge is -2.25. The van der Waals surface area contributed by atoms with E-state index < -0.39 is 5.41 Å². The average Bonchev–Trinajstić information content (AvgIpc) is 2.37. The summed E-state index contributed by atoms with van der Waals surface area (Å²) in [7, 11) is 0. The Bertz CT molecular complexity index is 441. The van der Waals surface area contributed by atoms with Crippen LogP contribution in [0.4, 0.5) is 0 Å². The van der Waals surface area contributed by atoms with E-state index in [1.165, 1.54) is 5.56 Å². The summed E-state index contributed by atoms with van der Waals surface area (Å²) in [6.07, 6.45) is 2.03. The van der Waals surface area contributed by atoms with Crippen LogP contribution in [0.2, 0.25) is 0 Å². The van der Waals surface area contributed by atoms with Gasteiger partial charge in [0.05, 0.1) is 12.0 Å². The number of fused-ring (bicyclic) bond motifs is 1. The quantitative estimate of drug-likeness (QED) is 0.460. The monoisotopic (exact) mass is 234 g/mol. The number of rotatable bonds is 2. The topological polar surface area (TPSA) is 64.4 Å².